The molecule has 2 rings (SSSR count). The smallest absolute Gasteiger partial charge is 0.0537 e. The van der Waals surface area contributed by atoms with Crippen LogP contribution in [0.15, 0.2) is 18.5 Å². The first-order valence-corrected chi connectivity index (χ1v) is 6.84. The fraction of sp³-hybridized carbons (Fsp3) is 0.571. The highest BCUT2D eigenvalue weighted by Crippen LogP contribution is 2.12. The Hall–Kier alpha value is -1.62. The first-order valence-electron chi connectivity index (χ1n) is 6.84. The maximum Gasteiger partial charge on any atom is 0.0537 e. The lowest BCUT2D eigenvalue weighted by Gasteiger charge is -2.14. The Kier molecular flexibility index (Phi) is 4.37. The van der Waals surface area contributed by atoms with Crippen molar-refractivity contribution < 1.29 is 0 Å². The van der Waals surface area contributed by atoms with Gasteiger partial charge in [0.15, 0.2) is 0 Å². The van der Waals surface area contributed by atoms with Crippen LogP contribution in [-0.4, -0.2) is 19.6 Å². The van der Waals surface area contributed by atoms with Gasteiger partial charge >= 0.3 is 0 Å². The van der Waals surface area contributed by atoms with Gasteiger partial charge in [0.05, 0.1) is 11.9 Å². The maximum absolute atomic E-state index is 4.39. The molecule has 0 saturated carbocycles. The molecule has 0 spiro atoms. The van der Waals surface area contributed by atoms with Gasteiger partial charge in [-0.3, -0.25) is 9.36 Å². The van der Waals surface area contributed by atoms with Crippen molar-refractivity contribution in [3.8, 4) is 0 Å². The van der Waals surface area contributed by atoms with Crippen molar-refractivity contribution >= 4 is 0 Å². The van der Waals surface area contributed by atoms with E-state index >= 15 is 0 Å². The van der Waals surface area contributed by atoms with Gasteiger partial charge in [0.25, 0.3) is 0 Å². The summed E-state index contributed by atoms with van der Waals surface area (Å²) in [7, 11) is 1.97. The SMILES string of the molecule is CC[C@@H](C)n1nccc1CNCc1cnn(C)c1C. The van der Waals surface area contributed by atoms with Crippen LogP contribution < -0.4 is 5.32 Å². The average molecular weight is 261 g/mol. The van der Waals surface area contributed by atoms with Crippen LogP contribution in [0.4, 0.5) is 0 Å². The van der Waals surface area contributed by atoms with Crippen LogP contribution in [0.1, 0.15) is 43.3 Å². The number of hydrogen-bond acceptors (Lipinski definition) is 3. The molecule has 0 aliphatic heterocycles. The molecule has 5 nitrogen and oxygen atoms in total. The summed E-state index contributed by atoms with van der Waals surface area (Å²) in [5, 5.41) is 12.1. The minimum absolute atomic E-state index is 0.451. The quantitative estimate of drug-likeness (QED) is 0.867. The van der Waals surface area contributed by atoms with E-state index in [0.717, 1.165) is 19.5 Å². The van der Waals surface area contributed by atoms with Crippen LogP contribution in [0.5, 0.6) is 0 Å². The molecule has 0 aromatic carbocycles. The Bertz CT molecular complexity index is 526. The highest BCUT2D eigenvalue weighted by molar-refractivity contribution is 5.15. The largest absolute Gasteiger partial charge is 0.307 e. The van der Waals surface area contributed by atoms with E-state index in [1.54, 1.807) is 0 Å². The van der Waals surface area contributed by atoms with Crippen LogP contribution in [0.25, 0.3) is 0 Å². The molecule has 0 bridgehead atoms. The van der Waals surface area contributed by atoms with Crippen LogP contribution in [-0.2, 0) is 20.1 Å². The zero-order valence-corrected chi connectivity index (χ0v) is 12.2. The van der Waals surface area contributed by atoms with Crippen molar-refractivity contribution in [1.29, 1.82) is 0 Å². The van der Waals surface area contributed by atoms with Gasteiger partial charge in [-0.2, -0.15) is 10.2 Å². The number of nitrogens with one attached hydrogen (secondary N) is 1. The van der Waals surface area contributed by atoms with Crippen molar-refractivity contribution in [2.45, 2.75) is 46.3 Å². The molecule has 1 N–H and O–H groups in total. The molecule has 1 atom stereocenters. The van der Waals surface area contributed by atoms with Crippen LogP contribution >= 0.6 is 0 Å². The van der Waals surface area contributed by atoms with Gasteiger partial charge in [-0.25, -0.2) is 0 Å². The minimum atomic E-state index is 0.451. The van der Waals surface area contributed by atoms with E-state index in [0.29, 0.717) is 6.04 Å². The summed E-state index contributed by atoms with van der Waals surface area (Å²) < 4.78 is 4.00. The highest BCUT2D eigenvalue weighted by Gasteiger charge is 2.08. The van der Waals surface area contributed by atoms with Gasteiger partial charge in [0, 0.05) is 43.6 Å². The Morgan fingerprint density at radius 3 is 2.74 bits per heavy atom. The molecule has 0 aliphatic rings. The summed E-state index contributed by atoms with van der Waals surface area (Å²) in [5.41, 5.74) is 3.69. The van der Waals surface area contributed by atoms with Crippen molar-refractivity contribution in [2.75, 3.05) is 0 Å². The fourth-order valence-corrected chi connectivity index (χ4v) is 2.09. The van der Waals surface area contributed by atoms with Gasteiger partial charge < -0.3 is 5.32 Å². The van der Waals surface area contributed by atoms with E-state index in [1.807, 2.05) is 24.1 Å². The molecule has 0 aliphatic carbocycles. The highest BCUT2D eigenvalue weighted by atomic mass is 15.3. The summed E-state index contributed by atoms with van der Waals surface area (Å²) in [4.78, 5) is 0. The van der Waals surface area contributed by atoms with E-state index in [4.69, 9.17) is 0 Å². The summed E-state index contributed by atoms with van der Waals surface area (Å²) in [6.45, 7) is 8.14. The lowest BCUT2D eigenvalue weighted by atomic mass is 10.2. The summed E-state index contributed by atoms with van der Waals surface area (Å²) in [6.07, 6.45) is 4.89. The van der Waals surface area contributed by atoms with Crippen LogP contribution in [0.2, 0.25) is 0 Å². The van der Waals surface area contributed by atoms with Crippen molar-refractivity contribution in [1.82, 2.24) is 24.9 Å². The molecule has 2 aromatic heterocycles. The molecule has 104 valence electrons. The zero-order chi connectivity index (χ0) is 13.8. The Morgan fingerprint density at radius 2 is 2.11 bits per heavy atom. The summed E-state index contributed by atoms with van der Waals surface area (Å²) in [6, 6.07) is 2.53. The Morgan fingerprint density at radius 1 is 1.32 bits per heavy atom. The fourth-order valence-electron chi connectivity index (χ4n) is 2.09. The molecule has 0 radical (unpaired) electrons. The molecule has 19 heavy (non-hydrogen) atoms. The lowest BCUT2D eigenvalue weighted by molar-refractivity contribution is 0.451. The number of aromatic nitrogens is 4. The van der Waals surface area contributed by atoms with E-state index in [-0.39, 0.29) is 0 Å². The molecule has 2 aromatic rings. The standard InChI is InChI=1S/C14H23N5/c1-5-11(2)19-14(6-7-16-19)10-15-8-13-9-17-18(4)12(13)3/h6-7,9,11,15H,5,8,10H2,1-4H3/t11-/m1/s1. The van der Waals surface area contributed by atoms with Gasteiger partial charge in [-0.1, -0.05) is 6.92 Å². The average Bonchev–Trinajstić information content (AvgIpc) is 2.99. The van der Waals surface area contributed by atoms with Crippen molar-refractivity contribution in [3.05, 3.63) is 35.4 Å². The second-order valence-electron chi connectivity index (χ2n) is 5.01. The van der Waals surface area contributed by atoms with E-state index in [2.05, 4.69) is 47.0 Å². The maximum atomic E-state index is 4.39. The first kappa shape index (κ1) is 13.8. The molecule has 2 heterocycles. The lowest BCUT2D eigenvalue weighted by Crippen LogP contribution is -2.18. The van der Waals surface area contributed by atoms with Gasteiger partial charge in [0.2, 0.25) is 0 Å². The second-order valence-corrected chi connectivity index (χ2v) is 5.01. The third-order valence-electron chi connectivity index (χ3n) is 3.72. The number of aryl methyl sites for hydroxylation is 1. The van der Waals surface area contributed by atoms with Crippen molar-refractivity contribution in [2.24, 2.45) is 7.05 Å². The molecule has 0 saturated heterocycles. The van der Waals surface area contributed by atoms with E-state index in [1.165, 1.54) is 17.0 Å². The predicted molar refractivity (Wildman–Crippen MR) is 75.7 cm³/mol. The van der Waals surface area contributed by atoms with Crippen LogP contribution in [0, 0.1) is 6.92 Å². The first-order chi connectivity index (χ1) is 9.13. The van der Waals surface area contributed by atoms with Gasteiger partial charge in [-0.15, -0.1) is 0 Å². The predicted octanol–water partition coefficient (Wildman–Crippen LogP) is 2.19. The number of nitrogens with zero attached hydrogens (tertiary/aromatic N) is 4. The molecule has 0 unspecified atom stereocenters. The minimum Gasteiger partial charge on any atom is -0.307 e. The third kappa shape index (κ3) is 3.04. The second kappa shape index (κ2) is 6.02. The molecular formula is C14H23N5. The van der Waals surface area contributed by atoms with Gasteiger partial charge in [0.1, 0.15) is 0 Å². The van der Waals surface area contributed by atoms with E-state index in [9.17, 15) is 0 Å². The summed E-state index contributed by atoms with van der Waals surface area (Å²) in [5.74, 6) is 0. The topological polar surface area (TPSA) is 47.7 Å². The zero-order valence-electron chi connectivity index (χ0n) is 12.2. The molecule has 0 amide bonds. The van der Waals surface area contributed by atoms with Crippen molar-refractivity contribution in [3.63, 3.8) is 0 Å². The molecule has 0 fully saturated rings. The normalized spacial score (nSPS) is 12.8. The Labute approximate surface area is 114 Å². The number of rotatable bonds is 6. The van der Waals surface area contributed by atoms with E-state index < -0.39 is 0 Å². The Balaban J connectivity index is 1.93. The number of hydrogen-bond donors (Lipinski definition) is 1. The van der Waals surface area contributed by atoms with Gasteiger partial charge in [-0.05, 0) is 26.3 Å². The molecular weight excluding hydrogens is 238 g/mol. The van der Waals surface area contributed by atoms with Crippen LogP contribution in [0.3, 0.4) is 0 Å². The third-order valence-corrected chi connectivity index (χ3v) is 3.72. The summed E-state index contributed by atoms with van der Waals surface area (Å²) >= 11 is 0. The monoisotopic (exact) mass is 261 g/mol. The molecule has 5 heteroatoms.